The highest BCUT2D eigenvalue weighted by Gasteiger charge is 2.20. The van der Waals surface area contributed by atoms with Gasteiger partial charge in [0.1, 0.15) is 0 Å². The number of halogens is 1. The molecular weight excluding hydrogens is 276 g/mol. The number of nitrogens with one attached hydrogen (secondary N) is 1. The zero-order valence-corrected chi connectivity index (χ0v) is 12.6. The van der Waals surface area contributed by atoms with Crippen LogP contribution < -0.4 is 5.32 Å². The summed E-state index contributed by atoms with van der Waals surface area (Å²) in [4.78, 5) is 0. The lowest BCUT2D eigenvalue weighted by Gasteiger charge is -2.02. The molecule has 2 aromatic heterocycles. The Bertz CT molecular complexity index is 598. The lowest BCUT2D eigenvalue weighted by Crippen LogP contribution is -2.15. The molecule has 0 atom stereocenters. The van der Waals surface area contributed by atoms with E-state index in [0.29, 0.717) is 12.6 Å². The van der Waals surface area contributed by atoms with Gasteiger partial charge in [-0.2, -0.15) is 5.10 Å². The first-order valence-electron chi connectivity index (χ1n) is 7.00. The summed E-state index contributed by atoms with van der Waals surface area (Å²) >= 11 is 6.34. The Balaban J connectivity index is 1.69. The Labute approximate surface area is 123 Å². The molecule has 0 spiro atoms. The Morgan fingerprint density at radius 2 is 2.25 bits per heavy atom. The largest absolute Gasteiger partial charge is 0.308 e. The minimum atomic E-state index is 0.596. The molecule has 0 aromatic carbocycles. The average molecular weight is 295 g/mol. The molecule has 2 aromatic rings. The van der Waals surface area contributed by atoms with Crippen LogP contribution in [0.5, 0.6) is 0 Å². The van der Waals surface area contributed by atoms with Crippen LogP contribution in [0.4, 0.5) is 0 Å². The molecule has 0 saturated heterocycles. The molecule has 0 unspecified atom stereocenters. The van der Waals surface area contributed by atoms with Gasteiger partial charge in [0.25, 0.3) is 0 Å². The number of nitrogens with zero attached hydrogens (tertiary/aromatic N) is 5. The van der Waals surface area contributed by atoms with Crippen LogP contribution in [0.15, 0.2) is 6.20 Å². The van der Waals surface area contributed by atoms with Gasteiger partial charge in [-0.1, -0.05) is 23.7 Å². The molecule has 0 amide bonds. The van der Waals surface area contributed by atoms with Crippen molar-refractivity contribution in [1.82, 2.24) is 30.1 Å². The van der Waals surface area contributed by atoms with Crippen molar-refractivity contribution in [2.24, 2.45) is 7.05 Å². The number of aryl methyl sites for hydroxylation is 2. The van der Waals surface area contributed by atoms with Crippen LogP contribution in [0.3, 0.4) is 0 Å². The number of rotatable bonds is 6. The molecule has 2 heterocycles. The van der Waals surface area contributed by atoms with Crippen molar-refractivity contribution in [3.05, 3.63) is 28.3 Å². The van der Waals surface area contributed by atoms with E-state index in [2.05, 4.69) is 27.7 Å². The van der Waals surface area contributed by atoms with Gasteiger partial charge in [0.15, 0.2) is 0 Å². The molecule has 0 radical (unpaired) electrons. The molecule has 6 nitrogen and oxygen atoms in total. The smallest absolute Gasteiger partial charge is 0.0965 e. The predicted molar refractivity (Wildman–Crippen MR) is 76.6 cm³/mol. The number of hydrogen-bond acceptors (Lipinski definition) is 4. The molecule has 1 aliphatic rings. The summed E-state index contributed by atoms with van der Waals surface area (Å²) in [5.41, 5.74) is 2.86. The van der Waals surface area contributed by atoms with Gasteiger partial charge >= 0.3 is 0 Å². The fraction of sp³-hybridized carbons (Fsp3) is 0.615. The van der Waals surface area contributed by atoms with Crippen molar-refractivity contribution in [3.8, 4) is 0 Å². The molecule has 1 saturated carbocycles. The minimum Gasteiger partial charge on any atom is -0.308 e. The summed E-state index contributed by atoms with van der Waals surface area (Å²) < 4.78 is 3.64. The fourth-order valence-electron chi connectivity index (χ4n) is 2.18. The van der Waals surface area contributed by atoms with Crippen molar-refractivity contribution in [2.45, 2.75) is 45.3 Å². The van der Waals surface area contributed by atoms with Gasteiger partial charge < -0.3 is 5.32 Å². The molecule has 7 heteroatoms. The van der Waals surface area contributed by atoms with Crippen LogP contribution in [-0.2, 0) is 26.6 Å². The Morgan fingerprint density at radius 3 is 2.90 bits per heavy atom. The van der Waals surface area contributed by atoms with Crippen LogP contribution in [-0.4, -0.2) is 30.8 Å². The van der Waals surface area contributed by atoms with Crippen molar-refractivity contribution in [3.63, 3.8) is 0 Å². The second-order valence-corrected chi connectivity index (χ2v) is 5.63. The molecule has 108 valence electrons. The molecule has 0 bridgehead atoms. The quantitative estimate of drug-likeness (QED) is 0.878. The van der Waals surface area contributed by atoms with Crippen LogP contribution in [0.25, 0.3) is 0 Å². The highest BCUT2D eigenvalue weighted by atomic mass is 35.5. The van der Waals surface area contributed by atoms with Crippen molar-refractivity contribution in [1.29, 1.82) is 0 Å². The monoisotopic (exact) mass is 294 g/mol. The number of aromatic nitrogens is 5. The van der Waals surface area contributed by atoms with Crippen LogP contribution in [0.1, 0.15) is 36.8 Å². The lowest BCUT2D eigenvalue weighted by atomic mass is 10.3. The summed E-state index contributed by atoms with van der Waals surface area (Å²) in [6.45, 7) is 3.43. The van der Waals surface area contributed by atoms with E-state index in [-0.39, 0.29) is 0 Å². The van der Waals surface area contributed by atoms with Gasteiger partial charge in [-0.3, -0.25) is 4.68 Å². The summed E-state index contributed by atoms with van der Waals surface area (Å²) in [5, 5.41) is 16.9. The van der Waals surface area contributed by atoms with Crippen molar-refractivity contribution < 1.29 is 0 Å². The second kappa shape index (κ2) is 5.54. The third-order valence-corrected chi connectivity index (χ3v) is 3.99. The summed E-state index contributed by atoms with van der Waals surface area (Å²) in [7, 11) is 1.91. The maximum atomic E-state index is 6.34. The van der Waals surface area contributed by atoms with E-state index in [0.717, 1.165) is 35.1 Å². The molecule has 1 fully saturated rings. The first kappa shape index (κ1) is 13.6. The van der Waals surface area contributed by atoms with E-state index in [1.165, 1.54) is 12.8 Å². The standard InChI is InChI=1S/C13H19ClN6/c1-3-11-13(14)12(19(2)17-11)8-20-7-10(16-18-20)6-15-9-4-5-9/h7,9,15H,3-6,8H2,1-2H3. The van der Waals surface area contributed by atoms with E-state index in [1.807, 2.05) is 22.6 Å². The maximum Gasteiger partial charge on any atom is 0.0965 e. The van der Waals surface area contributed by atoms with Gasteiger partial charge in [-0.25, -0.2) is 4.68 Å². The van der Waals surface area contributed by atoms with Gasteiger partial charge in [-0.05, 0) is 19.3 Å². The van der Waals surface area contributed by atoms with E-state index < -0.39 is 0 Å². The van der Waals surface area contributed by atoms with Crippen molar-refractivity contribution >= 4 is 11.6 Å². The summed E-state index contributed by atoms with van der Waals surface area (Å²) in [5.74, 6) is 0. The second-order valence-electron chi connectivity index (χ2n) is 5.25. The minimum absolute atomic E-state index is 0.596. The van der Waals surface area contributed by atoms with Gasteiger partial charge in [0.05, 0.1) is 34.8 Å². The van der Waals surface area contributed by atoms with Crippen LogP contribution >= 0.6 is 11.6 Å². The van der Waals surface area contributed by atoms with E-state index in [1.54, 1.807) is 0 Å². The normalized spacial score (nSPS) is 14.9. The van der Waals surface area contributed by atoms with E-state index in [4.69, 9.17) is 11.6 Å². The SMILES string of the molecule is CCc1nn(C)c(Cn2cc(CNC3CC3)nn2)c1Cl. The molecule has 0 aliphatic heterocycles. The summed E-state index contributed by atoms with van der Waals surface area (Å²) in [6, 6.07) is 0.679. The zero-order valence-electron chi connectivity index (χ0n) is 11.8. The Hall–Kier alpha value is -1.40. The molecule has 20 heavy (non-hydrogen) atoms. The summed E-state index contributed by atoms with van der Waals surface area (Å²) in [6.07, 6.45) is 5.35. The van der Waals surface area contributed by atoms with Gasteiger partial charge in [0, 0.05) is 19.6 Å². The average Bonchev–Trinajstić information content (AvgIpc) is 3.11. The topological polar surface area (TPSA) is 60.6 Å². The third-order valence-electron chi connectivity index (χ3n) is 3.55. The fourth-order valence-corrected chi connectivity index (χ4v) is 2.53. The zero-order chi connectivity index (χ0) is 14.1. The van der Waals surface area contributed by atoms with E-state index >= 15 is 0 Å². The molecule has 1 aliphatic carbocycles. The highest BCUT2D eigenvalue weighted by molar-refractivity contribution is 6.31. The number of hydrogen-bond donors (Lipinski definition) is 1. The van der Waals surface area contributed by atoms with Gasteiger partial charge in [0.2, 0.25) is 0 Å². The Morgan fingerprint density at radius 1 is 1.45 bits per heavy atom. The van der Waals surface area contributed by atoms with Crippen LogP contribution in [0, 0.1) is 0 Å². The molecular formula is C13H19ClN6. The molecule has 3 rings (SSSR count). The predicted octanol–water partition coefficient (Wildman–Crippen LogP) is 1.53. The maximum absolute atomic E-state index is 6.34. The van der Waals surface area contributed by atoms with E-state index in [9.17, 15) is 0 Å². The lowest BCUT2D eigenvalue weighted by molar-refractivity contribution is 0.598. The van der Waals surface area contributed by atoms with Crippen molar-refractivity contribution in [2.75, 3.05) is 0 Å². The first-order valence-corrected chi connectivity index (χ1v) is 7.37. The third kappa shape index (κ3) is 2.86. The highest BCUT2D eigenvalue weighted by Crippen LogP contribution is 2.21. The van der Waals surface area contributed by atoms with Gasteiger partial charge in [-0.15, -0.1) is 5.10 Å². The van der Waals surface area contributed by atoms with Crippen LogP contribution in [0.2, 0.25) is 5.02 Å². The Kier molecular flexibility index (Phi) is 3.76. The molecule has 1 N–H and O–H groups in total. The first-order chi connectivity index (χ1) is 9.67.